The maximum Gasteiger partial charge on any atom is 0.239 e. The van der Waals surface area contributed by atoms with Crippen LogP contribution in [0.2, 0.25) is 5.02 Å². The number of nitrogens with zero attached hydrogens (tertiary/aromatic N) is 3. The molecule has 6 heteroatoms. The summed E-state index contributed by atoms with van der Waals surface area (Å²) in [7, 11) is 1.69. The summed E-state index contributed by atoms with van der Waals surface area (Å²) in [5.41, 5.74) is 8.00. The predicted octanol–water partition coefficient (Wildman–Crippen LogP) is 2.89. The third-order valence-corrected chi connectivity index (χ3v) is 4.32. The van der Waals surface area contributed by atoms with E-state index in [-0.39, 0.29) is 18.1 Å². The molecule has 0 bridgehead atoms. The number of fused-ring (bicyclic) bond motifs is 1. The largest absolute Gasteiger partial charge is 0.373 e. The Labute approximate surface area is 122 Å². The lowest BCUT2D eigenvalue weighted by Crippen LogP contribution is -2.25. The first-order chi connectivity index (χ1) is 9.61. The van der Waals surface area contributed by atoms with Crippen molar-refractivity contribution in [2.24, 2.45) is 0 Å². The topological polar surface area (TPSA) is 66.0 Å². The molecule has 5 nitrogen and oxygen atoms in total. The Morgan fingerprint density at radius 1 is 1.40 bits per heavy atom. The summed E-state index contributed by atoms with van der Waals surface area (Å²) >= 11 is 6.23. The number of nitrogens with two attached hydrogens (primary N) is 1. The lowest BCUT2D eigenvalue weighted by atomic mass is 9.93. The van der Waals surface area contributed by atoms with Crippen molar-refractivity contribution in [2.45, 2.75) is 31.9 Å². The summed E-state index contributed by atoms with van der Waals surface area (Å²) in [5.74, 6) is 1.08. The molecule has 2 unspecified atom stereocenters. The maximum absolute atomic E-state index is 6.23. The van der Waals surface area contributed by atoms with Crippen molar-refractivity contribution in [3.63, 3.8) is 0 Å². The molecule has 1 aliphatic rings. The van der Waals surface area contributed by atoms with Crippen LogP contribution in [-0.4, -0.2) is 21.9 Å². The van der Waals surface area contributed by atoms with Gasteiger partial charge in [-0.25, -0.2) is 4.68 Å². The number of ether oxygens (including phenoxy) is 1. The highest BCUT2D eigenvalue weighted by molar-refractivity contribution is 6.31. The zero-order valence-electron chi connectivity index (χ0n) is 11.5. The van der Waals surface area contributed by atoms with Gasteiger partial charge in [0.1, 0.15) is 6.10 Å². The molecule has 2 heterocycles. The summed E-state index contributed by atoms with van der Waals surface area (Å²) in [6, 6.07) is 6.06. The van der Waals surface area contributed by atoms with Gasteiger partial charge in [0.05, 0.1) is 6.04 Å². The van der Waals surface area contributed by atoms with Crippen LogP contribution in [0.5, 0.6) is 0 Å². The highest BCUT2D eigenvalue weighted by Crippen LogP contribution is 2.38. The number of anilines is 1. The van der Waals surface area contributed by atoms with Crippen molar-refractivity contribution in [1.82, 2.24) is 14.8 Å². The highest BCUT2D eigenvalue weighted by Gasteiger charge is 2.31. The fourth-order valence-corrected chi connectivity index (χ4v) is 3.04. The summed E-state index contributed by atoms with van der Waals surface area (Å²) < 4.78 is 7.34. The van der Waals surface area contributed by atoms with Crippen LogP contribution in [0.4, 0.5) is 5.95 Å². The van der Waals surface area contributed by atoms with Crippen LogP contribution in [0.15, 0.2) is 18.2 Å². The van der Waals surface area contributed by atoms with Crippen LogP contribution < -0.4 is 5.73 Å². The van der Waals surface area contributed by atoms with Gasteiger partial charge < -0.3 is 10.5 Å². The van der Waals surface area contributed by atoms with E-state index < -0.39 is 0 Å². The van der Waals surface area contributed by atoms with Crippen molar-refractivity contribution in [3.05, 3.63) is 40.2 Å². The Kier molecular flexibility index (Phi) is 3.40. The second-order valence-electron chi connectivity index (χ2n) is 5.04. The van der Waals surface area contributed by atoms with E-state index in [1.165, 1.54) is 5.56 Å². The predicted molar refractivity (Wildman–Crippen MR) is 77.7 cm³/mol. The molecule has 106 valence electrons. The smallest absolute Gasteiger partial charge is 0.239 e. The zero-order chi connectivity index (χ0) is 14.3. The number of hydrogen-bond acceptors (Lipinski definition) is 4. The minimum Gasteiger partial charge on any atom is -0.373 e. The molecule has 0 fully saturated rings. The maximum atomic E-state index is 6.23. The highest BCUT2D eigenvalue weighted by atomic mass is 35.5. The van der Waals surface area contributed by atoms with Gasteiger partial charge in [-0.3, -0.25) is 0 Å². The van der Waals surface area contributed by atoms with E-state index in [0.29, 0.717) is 0 Å². The van der Waals surface area contributed by atoms with Gasteiger partial charge >= 0.3 is 0 Å². The molecule has 0 aliphatic carbocycles. The van der Waals surface area contributed by atoms with Crippen LogP contribution in [0, 0.1) is 6.92 Å². The van der Waals surface area contributed by atoms with Gasteiger partial charge in [-0.2, -0.15) is 4.98 Å². The Hall–Kier alpha value is -1.59. The van der Waals surface area contributed by atoms with Crippen LogP contribution in [0.25, 0.3) is 0 Å². The van der Waals surface area contributed by atoms with Gasteiger partial charge in [-0.1, -0.05) is 23.7 Å². The normalized spacial score (nSPS) is 21.8. The molecule has 1 aliphatic heterocycles. The van der Waals surface area contributed by atoms with E-state index in [9.17, 15) is 0 Å². The fourth-order valence-electron chi connectivity index (χ4n) is 2.86. The van der Waals surface area contributed by atoms with Gasteiger partial charge in [-0.05, 0) is 37.0 Å². The van der Waals surface area contributed by atoms with Gasteiger partial charge in [-0.15, -0.1) is 5.10 Å². The molecule has 1 aromatic heterocycles. The molecular formula is C14H17ClN4O. The van der Waals surface area contributed by atoms with E-state index in [1.54, 1.807) is 7.11 Å². The average Bonchev–Trinajstić information content (AvgIpc) is 2.82. The molecule has 0 spiro atoms. The molecule has 2 N–H and O–H groups in total. The molecule has 3 rings (SSSR count). The molecular weight excluding hydrogens is 276 g/mol. The molecule has 0 radical (unpaired) electrons. The minimum absolute atomic E-state index is 0.0458. The minimum atomic E-state index is -0.0458. The number of benzene rings is 1. The van der Waals surface area contributed by atoms with Crippen LogP contribution in [0.3, 0.4) is 0 Å². The van der Waals surface area contributed by atoms with Crippen molar-refractivity contribution in [1.29, 1.82) is 0 Å². The standard InChI is InChI=1S/C14H17ClN4O/c1-8-9(4-3-5-10(8)15)11-6-7-12(20-2)13-17-14(16)18-19(11)13/h3-5,11-12H,6-7H2,1-2H3,(H2,16,18). The van der Waals surface area contributed by atoms with Gasteiger partial charge in [0, 0.05) is 12.1 Å². The zero-order valence-corrected chi connectivity index (χ0v) is 12.3. The summed E-state index contributed by atoms with van der Waals surface area (Å²) in [6.07, 6.45) is 1.77. The van der Waals surface area contributed by atoms with Crippen molar-refractivity contribution in [2.75, 3.05) is 12.8 Å². The van der Waals surface area contributed by atoms with Crippen molar-refractivity contribution in [3.8, 4) is 0 Å². The van der Waals surface area contributed by atoms with Crippen molar-refractivity contribution < 1.29 is 4.74 Å². The first kappa shape index (κ1) is 13.4. The second kappa shape index (κ2) is 5.07. The van der Waals surface area contributed by atoms with E-state index in [2.05, 4.69) is 16.1 Å². The third-order valence-electron chi connectivity index (χ3n) is 3.91. The lowest BCUT2D eigenvalue weighted by molar-refractivity contribution is 0.0648. The van der Waals surface area contributed by atoms with Crippen LogP contribution in [-0.2, 0) is 4.74 Å². The summed E-state index contributed by atoms with van der Waals surface area (Å²) in [5, 5.41) is 5.11. The van der Waals surface area contributed by atoms with Gasteiger partial charge in [0.2, 0.25) is 5.95 Å². The lowest BCUT2D eigenvalue weighted by Gasteiger charge is -2.29. The Bertz CT molecular complexity index is 640. The van der Waals surface area contributed by atoms with E-state index >= 15 is 0 Å². The molecule has 0 amide bonds. The molecule has 2 aromatic rings. The van der Waals surface area contributed by atoms with E-state index in [4.69, 9.17) is 22.1 Å². The first-order valence-corrected chi connectivity index (χ1v) is 6.99. The summed E-state index contributed by atoms with van der Waals surface area (Å²) in [4.78, 5) is 4.30. The van der Waals surface area contributed by atoms with Crippen molar-refractivity contribution >= 4 is 17.5 Å². The number of rotatable bonds is 2. The molecule has 20 heavy (non-hydrogen) atoms. The van der Waals surface area contributed by atoms with Crippen LogP contribution >= 0.6 is 11.6 Å². The van der Waals surface area contributed by atoms with Gasteiger partial charge in [0.15, 0.2) is 5.82 Å². The summed E-state index contributed by atoms with van der Waals surface area (Å²) in [6.45, 7) is 2.03. The number of aromatic nitrogens is 3. The molecule has 0 saturated carbocycles. The monoisotopic (exact) mass is 292 g/mol. The third kappa shape index (κ3) is 2.07. The molecule has 2 atom stereocenters. The quantitative estimate of drug-likeness (QED) is 0.924. The fraction of sp³-hybridized carbons (Fsp3) is 0.429. The number of hydrogen-bond donors (Lipinski definition) is 1. The van der Waals surface area contributed by atoms with Crippen LogP contribution in [0.1, 0.15) is 41.9 Å². The van der Waals surface area contributed by atoms with E-state index in [1.807, 2.05) is 23.7 Å². The van der Waals surface area contributed by atoms with E-state index in [0.717, 1.165) is 29.3 Å². The van der Waals surface area contributed by atoms with Gasteiger partial charge in [0.25, 0.3) is 0 Å². The Morgan fingerprint density at radius 2 is 2.20 bits per heavy atom. The number of methoxy groups -OCH3 is 1. The second-order valence-corrected chi connectivity index (χ2v) is 5.45. The Morgan fingerprint density at radius 3 is 2.95 bits per heavy atom. The molecule has 0 saturated heterocycles. The Balaban J connectivity index is 2.09. The average molecular weight is 293 g/mol. The number of nitrogen functional groups attached to an aromatic ring is 1. The SMILES string of the molecule is COC1CCC(c2cccc(Cl)c2C)n2nc(N)nc21. The first-order valence-electron chi connectivity index (χ1n) is 6.61. The number of halogens is 1. The molecule has 1 aromatic carbocycles.